The monoisotopic (exact) mass is 260 g/mol. The highest BCUT2D eigenvalue weighted by atomic mass is 35.5. The smallest absolute Gasteiger partial charge is 0.0638 e. The van der Waals surface area contributed by atoms with Crippen LogP contribution in [0, 0.1) is 0 Å². The highest BCUT2D eigenvalue weighted by Gasteiger charge is 1.99. The van der Waals surface area contributed by atoms with E-state index in [0.29, 0.717) is 10.0 Å². The van der Waals surface area contributed by atoms with Crippen LogP contribution in [0.2, 0.25) is 10.0 Å². The largest absolute Gasteiger partial charge is 0.384 e. The van der Waals surface area contributed by atoms with Crippen LogP contribution in [-0.4, -0.2) is 13.1 Å². The Bertz CT molecular complexity index is 316. The van der Waals surface area contributed by atoms with Gasteiger partial charge in [-0.2, -0.15) is 0 Å². The normalized spacial score (nSPS) is 10.4. The SMILES string of the molecule is NCCCCCCNc1cc(Cl)ccc1Cl. The second-order valence-corrected chi connectivity index (χ2v) is 4.60. The van der Waals surface area contributed by atoms with Gasteiger partial charge in [0.25, 0.3) is 0 Å². The molecule has 0 saturated carbocycles. The van der Waals surface area contributed by atoms with Crippen molar-refractivity contribution in [3.8, 4) is 0 Å². The number of hydrogen-bond acceptors (Lipinski definition) is 2. The number of rotatable bonds is 7. The first-order chi connectivity index (χ1) is 7.74. The lowest BCUT2D eigenvalue weighted by Gasteiger charge is -2.08. The maximum Gasteiger partial charge on any atom is 0.0638 e. The second-order valence-electron chi connectivity index (χ2n) is 3.75. The van der Waals surface area contributed by atoms with Gasteiger partial charge in [-0.3, -0.25) is 0 Å². The van der Waals surface area contributed by atoms with Crippen LogP contribution >= 0.6 is 23.2 Å². The molecular formula is C12H18Cl2N2. The van der Waals surface area contributed by atoms with Crippen LogP contribution in [0.3, 0.4) is 0 Å². The van der Waals surface area contributed by atoms with Gasteiger partial charge >= 0.3 is 0 Å². The van der Waals surface area contributed by atoms with Gasteiger partial charge in [-0.15, -0.1) is 0 Å². The number of nitrogens with one attached hydrogen (secondary N) is 1. The molecule has 16 heavy (non-hydrogen) atoms. The van der Waals surface area contributed by atoms with E-state index in [-0.39, 0.29) is 0 Å². The molecule has 0 spiro atoms. The van der Waals surface area contributed by atoms with Gasteiger partial charge in [0, 0.05) is 11.6 Å². The maximum atomic E-state index is 6.02. The first-order valence-electron chi connectivity index (χ1n) is 5.63. The lowest BCUT2D eigenvalue weighted by molar-refractivity contribution is 0.661. The Balaban J connectivity index is 2.23. The Morgan fingerprint density at radius 2 is 1.81 bits per heavy atom. The highest BCUT2D eigenvalue weighted by molar-refractivity contribution is 6.35. The molecule has 0 amide bonds. The minimum absolute atomic E-state index is 0.704. The topological polar surface area (TPSA) is 38.0 Å². The van der Waals surface area contributed by atoms with Gasteiger partial charge in [0.1, 0.15) is 0 Å². The lowest BCUT2D eigenvalue weighted by Crippen LogP contribution is -2.03. The van der Waals surface area contributed by atoms with Crippen LogP contribution in [-0.2, 0) is 0 Å². The first-order valence-corrected chi connectivity index (χ1v) is 6.38. The van der Waals surface area contributed by atoms with E-state index < -0.39 is 0 Å². The van der Waals surface area contributed by atoms with E-state index in [1.807, 2.05) is 6.07 Å². The summed E-state index contributed by atoms with van der Waals surface area (Å²) in [4.78, 5) is 0. The first kappa shape index (κ1) is 13.6. The van der Waals surface area contributed by atoms with Crippen LogP contribution in [0.25, 0.3) is 0 Å². The molecule has 0 saturated heterocycles. The molecule has 0 bridgehead atoms. The van der Waals surface area contributed by atoms with Crippen molar-refractivity contribution in [2.75, 3.05) is 18.4 Å². The molecule has 0 aliphatic carbocycles. The number of nitrogens with two attached hydrogens (primary N) is 1. The number of hydrogen-bond donors (Lipinski definition) is 2. The summed E-state index contributed by atoms with van der Waals surface area (Å²) in [6, 6.07) is 5.45. The van der Waals surface area contributed by atoms with Crippen LogP contribution in [0.5, 0.6) is 0 Å². The Hall–Kier alpha value is -0.440. The van der Waals surface area contributed by atoms with E-state index in [1.54, 1.807) is 12.1 Å². The average molecular weight is 261 g/mol. The zero-order valence-corrected chi connectivity index (χ0v) is 10.8. The van der Waals surface area contributed by atoms with Crippen molar-refractivity contribution in [3.05, 3.63) is 28.2 Å². The highest BCUT2D eigenvalue weighted by Crippen LogP contribution is 2.25. The van der Waals surface area contributed by atoms with E-state index in [1.165, 1.54) is 12.8 Å². The van der Waals surface area contributed by atoms with Crippen molar-refractivity contribution in [1.82, 2.24) is 0 Å². The fourth-order valence-corrected chi connectivity index (χ4v) is 1.84. The summed E-state index contributed by atoms with van der Waals surface area (Å²) in [7, 11) is 0. The van der Waals surface area contributed by atoms with E-state index >= 15 is 0 Å². The van der Waals surface area contributed by atoms with Crippen LogP contribution in [0.15, 0.2) is 18.2 Å². The molecule has 0 unspecified atom stereocenters. The van der Waals surface area contributed by atoms with Crippen molar-refractivity contribution >= 4 is 28.9 Å². The summed E-state index contributed by atoms with van der Waals surface area (Å²) >= 11 is 11.9. The molecule has 1 rings (SSSR count). The number of unbranched alkanes of at least 4 members (excludes halogenated alkanes) is 3. The minimum atomic E-state index is 0.704. The van der Waals surface area contributed by atoms with Gasteiger partial charge in [0.15, 0.2) is 0 Å². The molecule has 0 radical (unpaired) electrons. The maximum absolute atomic E-state index is 6.02. The number of anilines is 1. The standard InChI is InChI=1S/C12H18Cl2N2/c13-10-5-6-11(14)12(9-10)16-8-4-2-1-3-7-15/h5-6,9,16H,1-4,7-8,15H2. The third-order valence-electron chi connectivity index (χ3n) is 2.37. The summed E-state index contributed by atoms with van der Waals surface area (Å²) in [6.07, 6.45) is 4.63. The van der Waals surface area contributed by atoms with Crippen molar-refractivity contribution in [1.29, 1.82) is 0 Å². The molecular weight excluding hydrogens is 243 g/mol. The molecule has 4 heteroatoms. The number of halogens is 2. The molecule has 0 aliphatic heterocycles. The van der Waals surface area contributed by atoms with Crippen LogP contribution < -0.4 is 11.1 Å². The third kappa shape index (κ3) is 5.06. The quantitative estimate of drug-likeness (QED) is 0.730. The van der Waals surface area contributed by atoms with Crippen molar-refractivity contribution in [2.45, 2.75) is 25.7 Å². The fourth-order valence-electron chi connectivity index (χ4n) is 1.48. The molecule has 0 aliphatic rings. The average Bonchev–Trinajstić information content (AvgIpc) is 2.28. The Morgan fingerprint density at radius 1 is 1.06 bits per heavy atom. The van der Waals surface area contributed by atoms with Gasteiger partial charge in [-0.1, -0.05) is 36.0 Å². The van der Waals surface area contributed by atoms with E-state index in [9.17, 15) is 0 Å². The zero-order chi connectivity index (χ0) is 11.8. The molecule has 2 nitrogen and oxygen atoms in total. The zero-order valence-electron chi connectivity index (χ0n) is 9.31. The van der Waals surface area contributed by atoms with E-state index in [4.69, 9.17) is 28.9 Å². The van der Waals surface area contributed by atoms with Crippen molar-refractivity contribution in [3.63, 3.8) is 0 Å². The molecule has 0 fully saturated rings. The Labute approximate surface area is 107 Å². The predicted molar refractivity (Wildman–Crippen MR) is 72.5 cm³/mol. The van der Waals surface area contributed by atoms with Gasteiger partial charge in [0.2, 0.25) is 0 Å². The van der Waals surface area contributed by atoms with Crippen molar-refractivity contribution < 1.29 is 0 Å². The molecule has 0 aromatic heterocycles. The van der Waals surface area contributed by atoms with Gasteiger partial charge in [-0.05, 0) is 37.6 Å². The molecule has 0 atom stereocenters. The van der Waals surface area contributed by atoms with Gasteiger partial charge in [-0.25, -0.2) is 0 Å². The van der Waals surface area contributed by atoms with Gasteiger partial charge in [0.05, 0.1) is 10.7 Å². The summed E-state index contributed by atoms with van der Waals surface area (Å²) < 4.78 is 0. The summed E-state index contributed by atoms with van der Waals surface area (Å²) in [6.45, 7) is 1.71. The summed E-state index contributed by atoms with van der Waals surface area (Å²) in [5.41, 5.74) is 6.33. The third-order valence-corrected chi connectivity index (χ3v) is 2.94. The predicted octanol–water partition coefficient (Wildman–Crippen LogP) is 3.92. The van der Waals surface area contributed by atoms with Crippen LogP contribution in [0.1, 0.15) is 25.7 Å². The Morgan fingerprint density at radius 3 is 2.56 bits per heavy atom. The van der Waals surface area contributed by atoms with Crippen LogP contribution in [0.4, 0.5) is 5.69 Å². The second kappa shape index (κ2) is 7.77. The molecule has 90 valence electrons. The van der Waals surface area contributed by atoms with E-state index in [2.05, 4.69) is 5.32 Å². The van der Waals surface area contributed by atoms with Gasteiger partial charge < -0.3 is 11.1 Å². The molecule has 1 aromatic carbocycles. The fraction of sp³-hybridized carbons (Fsp3) is 0.500. The molecule has 1 aromatic rings. The minimum Gasteiger partial charge on any atom is -0.384 e. The molecule has 3 N–H and O–H groups in total. The summed E-state index contributed by atoms with van der Waals surface area (Å²) in [5, 5.41) is 4.70. The van der Waals surface area contributed by atoms with Crippen molar-refractivity contribution in [2.24, 2.45) is 5.73 Å². The lowest BCUT2D eigenvalue weighted by atomic mass is 10.2. The van der Waals surface area contributed by atoms with E-state index in [0.717, 1.165) is 31.6 Å². The summed E-state index contributed by atoms with van der Waals surface area (Å²) in [5.74, 6) is 0. The number of benzene rings is 1. The molecule has 0 heterocycles. The Kier molecular flexibility index (Phi) is 6.62.